The Morgan fingerprint density at radius 1 is 1.22 bits per heavy atom. The summed E-state index contributed by atoms with van der Waals surface area (Å²) in [6, 6.07) is 8.46. The summed E-state index contributed by atoms with van der Waals surface area (Å²) in [6.45, 7) is 6.39. The zero-order valence-electron chi connectivity index (χ0n) is 16.3. The zero-order chi connectivity index (χ0) is 19.0. The van der Waals surface area contributed by atoms with Crippen LogP contribution in [0.2, 0.25) is 0 Å². The molecule has 0 radical (unpaired) electrons. The van der Waals surface area contributed by atoms with Crippen molar-refractivity contribution in [2.75, 3.05) is 19.6 Å². The van der Waals surface area contributed by atoms with Crippen LogP contribution in [0.25, 0.3) is 0 Å². The Hall–Kier alpha value is -1.92. The highest BCUT2D eigenvalue weighted by Gasteiger charge is 2.48. The predicted molar refractivity (Wildman–Crippen MR) is 104 cm³/mol. The number of piperidine rings is 1. The maximum atomic E-state index is 12.8. The van der Waals surface area contributed by atoms with Gasteiger partial charge in [-0.25, -0.2) is 5.43 Å². The third-order valence-corrected chi connectivity index (χ3v) is 6.41. The maximum absolute atomic E-state index is 12.8. The van der Waals surface area contributed by atoms with E-state index in [1.54, 1.807) is 0 Å². The average Bonchev–Trinajstić information content (AvgIpc) is 3.29. The van der Waals surface area contributed by atoms with E-state index >= 15 is 0 Å². The van der Waals surface area contributed by atoms with Crippen LogP contribution in [-0.4, -0.2) is 48.4 Å². The van der Waals surface area contributed by atoms with Gasteiger partial charge in [-0.15, -0.1) is 0 Å². The van der Waals surface area contributed by atoms with Crippen LogP contribution in [0.4, 0.5) is 0 Å². The molecular weight excluding hydrogens is 340 g/mol. The smallest absolute Gasteiger partial charge is 0.241 e. The Morgan fingerprint density at radius 3 is 2.63 bits per heavy atom. The lowest BCUT2D eigenvalue weighted by atomic mass is 9.73. The van der Waals surface area contributed by atoms with E-state index in [0.717, 1.165) is 45.3 Å². The third kappa shape index (κ3) is 3.36. The second-order valence-electron chi connectivity index (χ2n) is 8.53. The van der Waals surface area contributed by atoms with E-state index in [9.17, 15) is 9.59 Å². The monoisotopic (exact) mass is 370 g/mol. The van der Waals surface area contributed by atoms with Crippen LogP contribution in [0, 0.1) is 0 Å². The highest BCUT2D eigenvalue weighted by Crippen LogP contribution is 2.51. The lowest BCUT2D eigenvalue weighted by Gasteiger charge is -2.41. The maximum Gasteiger partial charge on any atom is 0.241 e. The quantitative estimate of drug-likeness (QED) is 0.753. The van der Waals surface area contributed by atoms with Gasteiger partial charge in [0.2, 0.25) is 11.8 Å². The Bertz CT molecular complexity index is 719. The molecule has 3 aliphatic rings. The number of nitrogens with one attached hydrogen (secondary N) is 3. The minimum absolute atomic E-state index is 0.0215. The highest BCUT2D eigenvalue weighted by molar-refractivity contribution is 5.86. The van der Waals surface area contributed by atoms with Gasteiger partial charge in [0.15, 0.2) is 0 Å². The second-order valence-corrected chi connectivity index (χ2v) is 8.53. The fourth-order valence-corrected chi connectivity index (χ4v) is 5.03. The van der Waals surface area contributed by atoms with Gasteiger partial charge in [-0.2, -0.15) is 0 Å². The zero-order valence-corrected chi connectivity index (χ0v) is 16.3. The minimum Gasteiger partial charge on any atom is -0.353 e. The van der Waals surface area contributed by atoms with Crippen molar-refractivity contribution in [1.82, 2.24) is 21.1 Å². The van der Waals surface area contributed by atoms with Gasteiger partial charge in [-0.1, -0.05) is 24.3 Å². The van der Waals surface area contributed by atoms with Crippen molar-refractivity contribution in [1.29, 1.82) is 0 Å². The lowest BCUT2D eigenvalue weighted by Crippen LogP contribution is -2.51. The highest BCUT2D eigenvalue weighted by atomic mass is 16.2. The molecule has 4 rings (SSSR count). The Morgan fingerprint density at radius 2 is 1.96 bits per heavy atom. The molecule has 6 nitrogen and oxygen atoms in total. The van der Waals surface area contributed by atoms with Gasteiger partial charge in [0, 0.05) is 31.1 Å². The molecule has 2 fully saturated rings. The number of carbonyl (C=O) groups is 2. The number of nitrogens with zero attached hydrogens (tertiary/aromatic N) is 1. The van der Waals surface area contributed by atoms with Crippen molar-refractivity contribution in [3.63, 3.8) is 0 Å². The largest absolute Gasteiger partial charge is 0.353 e. The lowest BCUT2D eigenvalue weighted by molar-refractivity contribution is -0.135. The molecule has 0 bridgehead atoms. The molecule has 0 aromatic heterocycles. The number of benzene rings is 1. The van der Waals surface area contributed by atoms with Crippen molar-refractivity contribution in [2.24, 2.45) is 0 Å². The number of carbonyl (C=O) groups excluding carboxylic acids is 2. The van der Waals surface area contributed by atoms with Gasteiger partial charge in [-0.05, 0) is 50.7 Å². The number of amides is 2. The Balaban J connectivity index is 1.51. The molecular formula is C21H30N4O2. The van der Waals surface area contributed by atoms with Crippen molar-refractivity contribution in [3.8, 4) is 0 Å². The summed E-state index contributed by atoms with van der Waals surface area (Å²) >= 11 is 0. The molecule has 0 saturated carbocycles. The molecule has 2 unspecified atom stereocenters. The molecule has 6 heteroatoms. The number of hydrazine groups is 1. The molecule has 1 aromatic rings. The molecule has 1 aliphatic carbocycles. The van der Waals surface area contributed by atoms with Crippen LogP contribution in [0.1, 0.15) is 56.6 Å². The van der Waals surface area contributed by atoms with Crippen LogP contribution in [0.3, 0.4) is 0 Å². The summed E-state index contributed by atoms with van der Waals surface area (Å²) in [5.74, 6) is 0.260. The van der Waals surface area contributed by atoms with Crippen molar-refractivity contribution >= 4 is 11.8 Å². The van der Waals surface area contributed by atoms with Crippen molar-refractivity contribution in [2.45, 2.75) is 62.9 Å². The summed E-state index contributed by atoms with van der Waals surface area (Å²) in [4.78, 5) is 27.5. The van der Waals surface area contributed by atoms with Crippen molar-refractivity contribution in [3.05, 3.63) is 35.4 Å². The molecule has 27 heavy (non-hydrogen) atoms. The van der Waals surface area contributed by atoms with Crippen LogP contribution in [-0.2, 0) is 15.0 Å². The number of rotatable bonds is 3. The molecule has 2 heterocycles. The molecule has 2 saturated heterocycles. The predicted octanol–water partition coefficient (Wildman–Crippen LogP) is 1.43. The normalized spacial score (nSPS) is 26.4. The van der Waals surface area contributed by atoms with Gasteiger partial charge in [0.25, 0.3) is 0 Å². The van der Waals surface area contributed by atoms with Crippen LogP contribution in [0.5, 0.6) is 0 Å². The number of fused-ring (bicyclic) bond motifs is 2. The molecule has 146 valence electrons. The van der Waals surface area contributed by atoms with Gasteiger partial charge < -0.3 is 10.2 Å². The van der Waals surface area contributed by atoms with E-state index in [2.05, 4.69) is 34.4 Å². The summed E-state index contributed by atoms with van der Waals surface area (Å²) < 4.78 is 0. The molecule has 2 amide bonds. The van der Waals surface area contributed by atoms with E-state index in [0.29, 0.717) is 0 Å². The summed E-state index contributed by atoms with van der Waals surface area (Å²) in [7, 11) is 0. The average molecular weight is 370 g/mol. The van der Waals surface area contributed by atoms with Crippen LogP contribution < -0.4 is 16.2 Å². The van der Waals surface area contributed by atoms with Crippen molar-refractivity contribution < 1.29 is 9.59 Å². The fraction of sp³-hybridized carbons (Fsp3) is 0.619. The Labute approximate surface area is 161 Å². The molecule has 3 N–H and O–H groups in total. The molecule has 1 spiro atoms. The number of likely N-dealkylation sites (tertiary alicyclic amines) is 1. The minimum atomic E-state index is -0.0977. The second kappa shape index (κ2) is 7.24. The van der Waals surface area contributed by atoms with Crippen LogP contribution >= 0.6 is 0 Å². The van der Waals surface area contributed by atoms with E-state index in [1.807, 2.05) is 24.8 Å². The first-order chi connectivity index (χ1) is 13.0. The number of hydrogen-bond donors (Lipinski definition) is 3. The first kappa shape index (κ1) is 18.4. The molecule has 1 aromatic carbocycles. The molecule has 2 aliphatic heterocycles. The third-order valence-electron chi connectivity index (χ3n) is 6.41. The van der Waals surface area contributed by atoms with Gasteiger partial charge >= 0.3 is 0 Å². The van der Waals surface area contributed by atoms with Gasteiger partial charge in [0.1, 0.15) is 6.04 Å². The van der Waals surface area contributed by atoms with Crippen LogP contribution in [0.15, 0.2) is 24.3 Å². The topological polar surface area (TPSA) is 73.5 Å². The summed E-state index contributed by atoms with van der Waals surface area (Å²) in [5.41, 5.74) is 8.64. The van der Waals surface area contributed by atoms with E-state index in [-0.39, 0.29) is 35.2 Å². The summed E-state index contributed by atoms with van der Waals surface area (Å²) in [6.07, 6.45) is 3.57. The first-order valence-corrected chi connectivity index (χ1v) is 10.2. The summed E-state index contributed by atoms with van der Waals surface area (Å²) in [5, 5.41) is 3.09. The first-order valence-electron chi connectivity index (χ1n) is 10.2. The Kier molecular flexibility index (Phi) is 4.95. The standard InChI is InChI=1S/C21H30N4O2/c1-14(2)23-19(26)16-13-21(17-6-4-3-5-15(16)17)8-11-25(12-9-21)20(27)18-7-10-22-24-18/h3-6,14,16,18,22,24H,7-13H2,1-2H3,(H,23,26). The fourth-order valence-electron chi connectivity index (χ4n) is 5.03. The molecule has 2 atom stereocenters. The SMILES string of the molecule is CC(C)NC(=O)C1CC2(CCN(C(=O)C3CCNN3)CC2)c2ccccc21. The number of hydrogen-bond acceptors (Lipinski definition) is 4. The van der Waals surface area contributed by atoms with E-state index in [1.165, 1.54) is 11.1 Å². The van der Waals surface area contributed by atoms with Gasteiger partial charge in [0.05, 0.1) is 5.92 Å². The van der Waals surface area contributed by atoms with Gasteiger partial charge in [-0.3, -0.25) is 15.0 Å². The van der Waals surface area contributed by atoms with E-state index < -0.39 is 0 Å². The van der Waals surface area contributed by atoms with E-state index in [4.69, 9.17) is 0 Å².